The third kappa shape index (κ3) is 10.7. The number of aliphatic hydroxyl groups excluding tert-OH is 2. The van der Waals surface area contributed by atoms with Crippen molar-refractivity contribution in [3.63, 3.8) is 0 Å². The van der Waals surface area contributed by atoms with Crippen LogP contribution >= 0.6 is 0 Å². The molecule has 0 aromatic heterocycles. The molecule has 9 nitrogen and oxygen atoms in total. The van der Waals surface area contributed by atoms with Gasteiger partial charge >= 0.3 is 11.9 Å². The second-order valence-electron chi connectivity index (χ2n) is 11.9. The number of benzene rings is 4. The molecule has 254 valence electrons. The fraction of sp³-hybridized carbons (Fsp3) is 0.333. The molecule has 0 aliphatic heterocycles. The zero-order valence-electron chi connectivity index (χ0n) is 27.5. The van der Waals surface area contributed by atoms with Crippen molar-refractivity contribution in [2.24, 2.45) is 0 Å². The molecule has 0 bridgehead atoms. The predicted octanol–water partition coefficient (Wildman–Crippen LogP) is 6.49. The molecule has 4 aromatic rings. The average Bonchev–Trinajstić information content (AvgIpc) is 3.05. The van der Waals surface area contributed by atoms with E-state index in [1.807, 2.05) is 36.4 Å². The van der Waals surface area contributed by atoms with Gasteiger partial charge in [-0.25, -0.2) is 0 Å². The van der Waals surface area contributed by atoms with Crippen LogP contribution in [-0.2, 0) is 9.59 Å². The molecule has 0 aliphatic carbocycles. The lowest BCUT2D eigenvalue weighted by Gasteiger charge is -2.17. The van der Waals surface area contributed by atoms with E-state index >= 15 is 0 Å². The van der Waals surface area contributed by atoms with Crippen molar-refractivity contribution in [1.29, 1.82) is 0 Å². The summed E-state index contributed by atoms with van der Waals surface area (Å²) < 4.78 is 11.7. The van der Waals surface area contributed by atoms with Crippen LogP contribution in [0.1, 0.15) is 43.2 Å². The van der Waals surface area contributed by atoms with Gasteiger partial charge in [0.25, 0.3) is 0 Å². The average molecular weight is 656 g/mol. The fourth-order valence-corrected chi connectivity index (χ4v) is 5.70. The summed E-state index contributed by atoms with van der Waals surface area (Å²) in [7, 11) is 0. The molecule has 0 spiro atoms. The van der Waals surface area contributed by atoms with Gasteiger partial charge in [0.2, 0.25) is 0 Å². The standard InChI is InChI=1S/C39H45NO8/c1-26-34(28-12-16-32(17-13-28)47-21-4-3-7-30(41)23-38(43)44)8-5-10-36(26)37-11-6-9-35(27(37)2)29-14-18-33(19-15-29)48-22-20-40-25-31(42)24-39(45)46/h5-6,8-19,30-31,40-42H,3-4,7,20-25H2,1-2H3,(H,43,44)(H,45,46)/t30-,31+/m1/s1. The quantitative estimate of drug-likeness (QED) is 0.0716. The first kappa shape index (κ1) is 36.1. The van der Waals surface area contributed by atoms with Crippen molar-refractivity contribution >= 4 is 11.9 Å². The van der Waals surface area contributed by atoms with Crippen LogP contribution < -0.4 is 14.8 Å². The summed E-state index contributed by atoms with van der Waals surface area (Å²) >= 11 is 0. The minimum absolute atomic E-state index is 0.197. The lowest BCUT2D eigenvalue weighted by Crippen LogP contribution is -2.31. The number of hydrogen-bond acceptors (Lipinski definition) is 7. The highest BCUT2D eigenvalue weighted by Gasteiger charge is 2.14. The number of ether oxygens (including phenoxy) is 2. The maximum absolute atomic E-state index is 10.7. The van der Waals surface area contributed by atoms with Gasteiger partial charge in [0.1, 0.15) is 18.1 Å². The fourth-order valence-electron chi connectivity index (χ4n) is 5.70. The molecule has 48 heavy (non-hydrogen) atoms. The Labute approximate surface area is 281 Å². The van der Waals surface area contributed by atoms with Gasteiger partial charge in [0.15, 0.2) is 0 Å². The van der Waals surface area contributed by atoms with Crippen LogP contribution in [0.3, 0.4) is 0 Å². The van der Waals surface area contributed by atoms with E-state index in [-0.39, 0.29) is 19.4 Å². The van der Waals surface area contributed by atoms with Crippen LogP contribution in [0.15, 0.2) is 84.9 Å². The third-order valence-corrected chi connectivity index (χ3v) is 8.24. The number of unbranched alkanes of at least 4 members (excludes halogenated alkanes) is 1. The summed E-state index contributed by atoms with van der Waals surface area (Å²) in [5.41, 5.74) is 9.13. The molecular weight excluding hydrogens is 610 g/mol. The number of nitrogens with one attached hydrogen (secondary N) is 1. The normalized spacial score (nSPS) is 12.3. The van der Waals surface area contributed by atoms with Crippen molar-refractivity contribution in [2.45, 2.75) is 58.2 Å². The Morgan fingerprint density at radius 3 is 1.58 bits per heavy atom. The summed E-state index contributed by atoms with van der Waals surface area (Å²) in [5.74, 6) is -0.521. The summed E-state index contributed by atoms with van der Waals surface area (Å²) in [6.45, 7) is 5.87. The first-order valence-electron chi connectivity index (χ1n) is 16.3. The van der Waals surface area contributed by atoms with Gasteiger partial charge in [-0.1, -0.05) is 60.7 Å². The molecule has 0 heterocycles. The van der Waals surface area contributed by atoms with E-state index in [0.717, 1.165) is 51.3 Å². The van der Waals surface area contributed by atoms with E-state index in [4.69, 9.17) is 19.7 Å². The Morgan fingerprint density at radius 1 is 0.625 bits per heavy atom. The Kier molecular flexibility index (Phi) is 13.6. The van der Waals surface area contributed by atoms with Gasteiger partial charge in [0, 0.05) is 13.1 Å². The van der Waals surface area contributed by atoms with Gasteiger partial charge in [0.05, 0.1) is 31.7 Å². The van der Waals surface area contributed by atoms with Gasteiger partial charge in [-0.15, -0.1) is 0 Å². The Balaban J connectivity index is 1.36. The van der Waals surface area contributed by atoms with Gasteiger partial charge in [-0.05, 0) is 102 Å². The van der Waals surface area contributed by atoms with Crippen LogP contribution in [0, 0.1) is 13.8 Å². The maximum atomic E-state index is 10.7. The Morgan fingerprint density at radius 2 is 1.08 bits per heavy atom. The topological polar surface area (TPSA) is 146 Å². The van der Waals surface area contributed by atoms with Crippen LogP contribution in [-0.4, -0.2) is 70.9 Å². The van der Waals surface area contributed by atoms with Crippen LogP contribution in [0.4, 0.5) is 0 Å². The zero-order valence-corrected chi connectivity index (χ0v) is 27.5. The summed E-state index contributed by atoms with van der Waals surface area (Å²) in [5, 5.41) is 39.8. The zero-order chi connectivity index (χ0) is 34.5. The van der Waals surface area contributed by atoms with E-state index in [0.29, 0.717) is 32.6 Å². The number of aliphatic carboxylic acids is 2. The number of carboxylic acids is 2. The molecule has 0 aliphatic rings. The number of carboxylic acid groups (broad SMARTS) is 2. The van der Waals surface area contributed by atoms with Gasteiger partial charge in [-0.2, -0.15) is 0 Å². The monoisotopic (exact) mass is 655 g/mol. The highest BCUT2D eigenvalue weighted by molar-refractivity contribution is 5.83. The minimum atomic E-state index is -1.03. The van der Waals surface area contributed by atoms with Gasteiger partial charge in [-0.3, -0.25) is 9.59 Å². The highest BCUT2D eigenvalue weighted by Crippen LogP contribution is 2.37. The number of rotatable bonds is 19. The number of carbonyl (C=O) groups is 2. The molecule has 0 saturated carbocycles. The SMILES string of the molecule is Cc1c(-c2ccc(OCCCC[C@@H](O)CC(=O)O)cc2)cccc1-c1cccc(-c2ccc(OCCNC[C@@H](O)CC(=O)O)cc2)c1C. The number of aliphatic hydroxyl groups is 2. The maximum Gasteiger partial charge on any atom is 0.306 e. The van der Waals surface area contributed by atoms with Crippen LogP contribution in [0.25, 0.3) is 33.4 Å². The summed E-state index contributed by atoms with van der Waals surface area (Å²) in [6.07, 6.45) is -0.386. The van der Waals surface area contributed by atoms with Crippen LogP contribution in [0.5, 0.6) is 11.5 Å². The van der Waals surface area contributed by atoms with Crippen molar-refractivity contribution < 1.29 is 39.5 Å². The molecule has 5 N–H and O–H groups in total. The molecule has 4 rings (SSSR count). The van der Waals surface area contributed by atoms with E-state index in [2.05, 4.69) is 67.7 Å². The van der Waals surface area contributed by atoms with E-state index in [9.17, 15) is 19.8 Å². The largest absolute Gasteiger partial charge is 0.494 e. The van der Waals surface area contributed by atoms with Crippen molar-refractivity contribution in [3.05, 3.63) is 96.1 Å². The first-order chi connectivity index (χ1) is 23.1. The van der Waals surface area contributed by atoms with E-state index < -0.39 is 24.1 Å². The van der Waals surface area contributed by atoms with Gasteiger partial charge < -0.3 is 35.2 Å². The van der Waals surface area contributed by atoms with E-state index in [1.165, 1.54) is 11.1 Å². The van der Waals surface area contributed by atoms with Crippen LogP contribution in [0.2, 0.25) is 0 Å². The predicted molar refractivity (Wildman–Crippen MR) is 186 cm³/mol. The second-order valence-corrected chi connectivity index (χ2v) is 11.9. The lowest BCUT2D eigenvalue weighted by atomic mass is 9.88. The van der Waals surface area contributed by atoms with Crippen molar-refractivity contribution in [2.75, 3.05) is 26.3 Å². The number of hydrogen-bond donors (Lipinski definition) is 5. The molecule has 0 unspecified atom stereocenters. The Bertz CT molecular complexity index is 1510. The second kappa shape index (κ2) is 18.0. The molecular formula is C39H45NO8. The van der Waals surface area contributed by atoms with Crippen molar-refractivity contribution in [1.82, 2.24) is 5.32 Å². The molecule has 0 fully saturated rings. The molecule has 0 amide bonds. The molecule has 9 heteroatoms. The smallest absolute Gasteiger partial charge is 0.306 e. The highest BCUT2D eigenvalue weighted by atomic mass is 16.5. The minimum Gasteiger partial charge on any atom is -0.494 e. The molecule has 0 radical (unpaired) electrons. The summed E-state index contributed by atoms with van der Waals surface area (Å²) in [6, 6.07) is 28.7. The summed E-state index contributed by atoms with van der Waals surface area (Å²) in [4.78, 5) is 21.3. The Hall–Kier alpha value is -4.70. The lowest BCUT2D eigenvalue weighted by molar-refractivity contribution is -0.140. The molecule has 0 saturated heterocycles. The molecule has 4 aromatic carbocycles. The van der Waals surface area contributed by atoms with Crippen molar-refractivity contribution in [3.8, 4) is 44.9 Å². The van der Waals surface area contributed by atoms with E-state index in [1.54, 1.807) is 0 Å². The first-order valence-corrected chi connectivity index (χ1v) is 16.3. The third-order valence-electron chi connectivity index (χ3n) is 8.24. The molecule has 2 atom stereocenters.